The lowest BCUT2D eigenvalue weighted by Gasteiger charge is -2.34. The molecule has 0 saturated heterocycles. The normalized spacial score (nSPS) is 17.1. The average molecular weight is 465 g/mol. The Morgan fingerprint density at radius 1 is 1.00 bits per heavy atom. The van der Waals surface area contributed by atoms with Crippen LogP contribution in [0.5, 0.6) is 5.75 Å². The molecular weight excluding hydrogens is 436 g/mol. The predicted molar refractivity (Wildman–Crippen MR) is 127 cm³/mol. The van der Waals surface area contributed by atoms with Gasteiger partial charge in [-0.2, -0.15) is 0 Å². The van der Waals surface area contributed by atoms with Gasteiger partial charge in [0.2, 0.25) is 5.91 Å². The van der Waals surface area contributed by atoms with Crippen LogP contribution in [-0.2, 0) is 9.59 Å². The second kappa shape index (κ2) is 9.64. The number of fused-ring (bicyclic) bond motifs is 2. The zero-order valence-electron chi connectivity index (χ0n) is 19.5. The van der Waals surface area contributed by atoms with E-state index in [1.807, 2.05) is 19.0 Å². The van der Waals surface area contributed by atoms with Gasteiger partial charge in [-0.3, -0.25) is 24.1 Å². The Balaban J connectivity index is 1.34. The van der Waals surface area contributed by atoms with E-state index in [9.17, 15) is 19.2 Å². The zero-order valence-corrected chi connectivity index (χ0v) is 19.5. The van der Waals surface area contributed by atoms with Crippen molar-refractivity contribution >= 4 is 35.0 Å². The molecule has 2 heterocycles. The minimum atomic E-state index is -0.611. The van der Waals surface area contributed by atoms with E-state index in [0.717, 1.165) is 0 Å². The van der Waals surface area contributed by atoms with E-state index in [4.69, 9.17) is 4.74 Å². The Morgan fingerprint density at radius 3 is 2.32 bits per heavy atom. The number of hydrogen-bond donors (Lipinski definition) is 1. The molecule has 0 aromatic heterocycles. The number of anilines is 2. The van der Waals surface area contributed by atoms with Crippen LogP contribution in [0.2, 0.25) is 0 Å². The Hall–Kier alpha value is -3.72. The fraction of sp³-hybridized carbons (Fsp3) is 0.360. The number of benzene rings is 2. The van der Waals surface area contributed by atoms with Crippen LogP contribution in [0.4, 0.5) is 11.4 Å². The molecule has 1 N–H and O–H groups in total. The number of carbonyl (C=O) groups is 4. The SMILES string of the molecule is CC1Oc2cc(NC(=O)CCCN3C(=O)c4ccccc4C3=O)ccc2N(CCN(C)C)C1=O. The van der Waals surface area contributed by atoms with Crippen LogP contribution in [-0.4, -0.2) is 73.3 Å². The molecule has 2 aromatic carbocycles. The highest BCUT2D eigenvalue weighted by Gasteiger charge is 2.35. The summed E-state index contributed by atoms with van der Waals surface area (Å²) < 4.78 is 5.77. The molecule has 9 nitrogen and oxygen atoms in total. The van der Waals surface area contributed by atoms with Crippen LogP contribution >= 0.6 is 0 Å². The highest BCUT2D eigenvalue weighted by molar-refractivity contribution is 6.21. The quantitative estimate of drug-likeness (QED) is 0.603. The van der Waals surface area contributed by atoms with Gasteiger partial charge in [0.25, 0.3) is 17.7 Å². The fourth-order valence-corrected chi connectivity index (χ4v) is 4.08. The van der Waals surface area contributed by atoms with Gasteiger partial charge in [0.05, 0.1) is 16.8 Å². The van der Waals surface area contributed by atoms with E-state index in [1.54, 1.807) is 54.3 Å². The first-order valence-corrected chi connectivity index (χ1v) is 11.3. The number of ether oxygens (including phenoxy) is 1. The van der Waals surface area contributed by atoms with E-state index in [0.29, 0.717) is 47.8 Å². The summed E-state index contributed by atoms with van der Waals surface area (Å²) in [5.74, 6) is -0.444. The van der Waals surface area contributed by atoms with Crippen molar-refractivity contribution in [1.29, 1.82) is 0 Å². The second-order valence-electron chi connectivity index (χ2n) is 8.69. The van der Waals surface area contributed by atoms with Gasteiger partial charge in [0, 0.05) is 37.8 Å². The molecule has 2 aromatic rings. The van der Waals surface area contributed by atoms with E-state index in [-0.39, 0.29) is 36.6 Å². The van der Waals surface area contributed by atoms with Crippen molar-refractivity contribution in [3.63, 3.8) is 0 Å². The summed E-state index contributed by atoms with van der Waals surface area (Å²) in [5, 5.41) is 2.83. The zero-order chi connectivity index (χ0) is 24.4. The maximum atomic E-state index is 12.6. The summed E-state index contributed by atoms with van der Waals surface area (Å²) in [6.45, 7) is 3.13. The van der Waals surface area contributed by atoms with Crippen molar-refractivity contribution in [1.82, 2.24) is 9.80 Å². The lowest BCUT2D eigenvalue weighted by Crippen LogP contribution is -2.46. The highest BCUT2D eigenvalue weighted by Crippen LogP contribution is 2.36. The lowest BCUT2D eigenvalue weighted by atomic mass is 10.1. The van der Waals surface area contributed by atoms with Crippen molar-refractivity contribution in [2.45, 2.75) is 25.9 Å². The van der Waals surface area contributed by atoms with Crippen LogP contribution in [0, 0.1) is 0 Å². The van der Waals surface area contributed by atoms with Gasteiger partial charge in [0.1, 0.15) is 5.75 Å². The van der Waals surface area contributed by atoms with Gasteiger partial charge >= 0.3 is 0 Å². The third-order valence-electron chi connectivity index (χ3n) is 5.89. The van der Waals surface area contributed by atoms with Crippen LogP contribution in [0.25, 0.3) is 0 Å². The number of nitrogens with zero attached hydrogens (tertiary/aromatic N) is 3. The maximum absolute atomic E-state index is 12.6. The molecule has 9 heteroatoms. The number of amides is 4. The Morgan fingerprint density at radius 2 is 1.68 bits per heavy atom. The molecule has 4 amide bonds. The number of likely N-dealkylation sites (N-methyl/N-ethyl adjacent to an activating group) is 1. The number of rotatable bonds is 8. The topological polar surface area (TPSA) is 99.3 Å². The summed E-state index contributed by atoms with van der Waals surface area (Å²) in [4.78, 5) is 54.8. The third-order valence-corrected chi connectivity index (χ3v) is 5.89. The van der Waals surface area contributed by atoms with Crippen LogP contribution in [0.1, 0.15) is 40.5 Å². The fourth-order valence-electron chi connectivity index (χ4n) is 4.08. The first kappa shape index (κ1) is 23.4. The predicted octanol–water partition coefficient (Wildman–Crippen LogP) is 2.38. The molecule has 178 valence electrons. The van der Waals surface area contributed by atoms with E-state index < -0.39 is 6.10 Å². The van der Waals surface area contributed by atoms with Gasteiger partial charge in [-0.1, -0.05) is 12.1 Å². The largest absolute Gasteiger partial charge is 0.479 e. The lowest BCUT2D eigenvalue weighted by molar-refractivity contribution is -0.125. The Kier molecular flexibility index (Phi) is 6.65. The Bertz CT molecular complexity index is 1110. The molecule has 0 fully saturated rings. The standard InChI is InChI=1S/C25H28N4O5/c1-16-23(31)28(14-13-27(2)3)20-11-10-17(15-21(20)34-16)26-22(30)9-6-12-29-24(32)18-7-4-5-8-19(18)25(29)33/h4-5,7-8,10-11,15-16H,6,9,12-14H2,1-3H3,(H,26,30). The summed E-state index contributed by atoms with van der Waals surface area (Å²) in [5.41, 5.74) is 2.03. The smallest absolute Gasteiger partial charge is 0.267 e. The number of hydrogen-bond acceptors (Lipinski definition) is 6. The minimum absolute atomic E-state index is 0.0979. The summed E-state index contributed by atoms with van der Waals surface area (Å²) >= 11 is 0. The number of imide groups is 1. The Labute approximate surface area is 198 Å². The number of carbonyl (C=O) groups excluding carboxylic acids is 4. The first-order valence-electron chi connectivity index (χ1n) is 11.3. The van der Waals surface area contributed by atoms with Crippen molar-refractivity contribution in [2.24, 2.45) is 0 Å². The van der Waals surface area contributed by atoms with Crippen LogP contribution in [0.3, 0.4) is 0 Å². The van der Waals surface area contributed by atoms with Crippen molar-refractivity contribution in [2.75, 3.05) is 43.9 Å². The van der Waals surface area contributed by atoms with Crippen molar-refractivity contribution < 1.29 is 23.9 Å². The number of nitrogens with one attached hydrogen (secondary N) is 1. The minimum Gasteiger partial charge on any atom is -0.479 e. The molecule has 1 atom stereocenters. The molecule has 0 aliphatic carbocycles. The van der Waals surface area contributed by atoms with Crippen LogP contribution < -0.4 is 15.0 Å². The first-order chi connectivity index (χ1) is 16.3. The van der Waals surface area contributed by atoms with Gasteiger partial charge in [0.15, 0.2) is 6.10 Å². The van der Waals surface area contributed by atoms with Gasteiger partial charge in [-0.25, -0.2) is 0 Å². The van der Waals surface area contributed by atoms with Crippen molar-refractivity contribution in [3.8, 4) is 5.75 Å². The third kappa shape index (κ3) is 4.65. The summed E-state index contributed by atoms with van der Waals surface area (Å²) in [7, 11) is 3.89. The molecule has 0 saturated carbocycles. The van der Waals surface area contributed by atoms with Crippen molar-refractivity contribution in [3.05, 3.63) is 53.6 Å². The molecule has 2 aliphatic heterocycles. The monoisotopic (exact) mass is 464 g/mol. The molecule has 4 rings (SSSR count). The van der Waals surface area contributed by atoms with E-state index in [2.05, 4.69) is 5.32 Å². The van der Waals surface area contributed by atoms with Gasteiger partial charge in [-0.15, -0.1) is 0 Å². The second-order valence-corrected chi connectivity index (χ2v) is 8.69. The maximum Gasteiger partial charge on any atom is 0.267 e. The molecule has 1 unspecified atom stereocenters. The molecule has 34 heavy (non-hydrogen) atoms. The molecular formula is C25H28N4O5. The summed E-state index contributed by atoms with van der Waals surface area (Å²) in [6, 6.07) is 11.9. The highest BCUT2D eigenvalue weighted by atomic mass is 16.5. The van der Waals surface area contributed by atoms with E-state index >= 15 is 0 Å². The van der Waals surface area contributed by atoms with Gasteiger partial charge in [-0.05, 0) is 51.7 Å². The summed E-state index contributed by atoms with van der Waals surface area (Å²) in [6.07, 6.45) is -0.113. The van der Waals surface area contributed by atoms with Gasteiger partial charge < -0.3 is 19.9 Å². The average Bonchev–Trinajstić information content (AvgIpc) is 3.04. The van der Waals surface area contributed by atoms with E-state index in [1.165, 1.54) is 4.90 Å². The molecule has 0 spiro atoms. The molecule has 0 bridgehead atoms. The molecule has 2 aliphatic rings. The van der Waals surface area contributed by atoms with Crippen LogP contribution in [0.15, 0.2) is 42.5 Å². The molecule has 0 radical (unpaired) electrons.